The molecular weight excluding hydrogens is 315 g/mol. The molecule has 1 N–H and O–H groups in total. The van der Waals surface area contributed by atoms with Crippen molar-refractivity contribution < 1.29 is 4.79 Å². The molecule has 1 heterocycles. The Labute approximate surface area is 131 Å². The van der Waals surface area contributed by atoms with Crippen molar-refractivity contribution in [2.75, 3.05) is 11.1 Å². The Morgan fingerprint density at radius 1 is 1.30 bits per heavy atom. The number of anilines is 1. The summed E-state index contributed by atoms with van der Waals surface area (Å²) < 4.78 is 0. The molecule has 0 atom stereocenters. The van der Waals surface area contributed by atoms with Gasteiger partial charge in [-0.15, -0.1) is 0 Å². The van der Waals surface area contributed by atoms with Crippen molar-refractivity contribution in [3.05, 3.63) is 52.1 Å². The fourth-order valence-electron chi connectivity index (χ4n) is 1.46. The lowest BCUT2D eigenvalue weighted by Gasteiger charge is -2.07. The van der Waals surface area contributed by atoms with Crippen molar-refractivity contribution in [2.24, 2.45) is 0 Å². The number of halogens is 2. The largest absolute Gasteiger partial charge is 0.324 e. The first-order valence-corrected chi connectivity index (χ1v) is 7.59. The summed E-state index contributed by atoms with van der Waals surface area (Å²) in [6.45, 7) is 1.97. The lowest BCUT2D eigenvalue weighted by Crippen LogP contribution is -2.14. The van der Waals surface area contributed by atoms with Crippen LogP contribution in [0.5, 0.6) is 0 Å². The van der Waals surface area contributed by atoms with Gasteiger partial charge in [0.25, 0.3) is 0 Å². The molecule has 20 heavy (non-hydrogen) atoms. The van der Waals surface area contributed by atoms with Gasteiger partial charge >= 0.3 is 0 Å². The number of aryl methyl sites for hydroxylation is 1. The van der Waals surface area contributed by atoms with Crippen LogP contribution >= 0.6 is 35.0 Å². The Morgan fingerprint density at radius 2 is 2.10 bits per heavy atom. The van der Waals surface area contributed by atoms with Crippen molar-refractivity contribution in [1.29, 1.82) is 0 Å². The number of rotatable bonds is 4. The summed E-state index contributed by atoms with van der Waals surface area (Å²) in [5, 5.41) is 4.51. The van der Waals surface area contributed by atoms with Gasteiger partial charge in [0.2, 0.25) is 5.91 Å². The van der Waals surface area contributed by atoms with Crippen molar-refractivity contribution in [3.8, 4) is 0 Å². The second-order valence-corrected chi connectivity index (χ2v) is 5.97. The van der Waals surface area contributed by atoms with E-state index in [-0.39, 0.29) is 11.7 Å². The van der Waals surface area contributed by atoms with E-state index in [9.17, 15) is 4.79 Å². The van der Waals surface area contributed by atoms with Crippen LogP contribution in [0.2, 0.25) is 10.0 Å². The van der Waals surface area contributed by atoms with Gasteiger partial charge in [-0.1, -0.05) is 41.0 Å². The molecule has 0 saturated carbocycles. The third-order valence-electron chi connectivity index (χ3n) is 2.44. The van der Waals surface area contributed by atoms with Gasteiger partial charge in [0.05, 0.1) is 21.5 Å². The van der Waals surface area contributed by atoms with Crippen LogP contribution in [0.25, 0.3) is 0 Å². The first-order valence-electron chi connectivity index (χ1n) is 5.85. The normalized spacial score (nSPS) is 10.3. The summed E-state index contributed by atoms with van der Waals surface area (Å²) in [5.74, 6) is 0.135. The zero-order valence-corrected chi connectivity index (χ0v) is 13.0. The van der Waals surface area contributed by atoms with Crippen LogP contribution < -0.4 is 5.32 Å². The van der Waals surface area contributed by atoms with Gasteiger partial charge in [-0.3, -0.25) is 4.79 Å². The first-order chi connectivity index (χ1) is 9.54. The Morgan fingerprint density at radius 3 is 2.75 bits per heavy atom. The molecule has 0 aliphatic carbocycles. The van der Waals surface area contributed by atoms with E-state index in [1.807, 2.05) is 19.1 Å². The third kappa shape index (κ3) is 4.40. The number of amides is 1. The third-order valence-corrected chi connectivity index (χ3v) is 3.93. The fourth-order valence-corrected chi connectivity index (χ4v) is 2.55. The molecule has 0 bridgehead atoms. The summed E-state index contributed by atoms with van der Waals surface area (Å²) in [6.07, 6.45) is 1.77. The van der Waals surface area contributed by atoms with Gasteiger partial charge in [-0.2, -0.15) is 0 Å². The minimum absolute atomic E-state index is 0.137. The van der Waals surface area contributed by atoms with Crippen LogP contribution in [-0.4, -0.2) is 16.6 Å². The van der Waals surface area contributed by atoms with Crippen LogP contribution in [0.3, 0.4) is 0 Å². The second kappa shape index (κ2) is 6.97. The Bertz CT molecular complexity index is 617. The summed E-state index contributed by atoms with van der Waals surface area (Å²) in [6, 6.07) is 8.80. The molecule has 0 fully saturated rings. The molecular formula is C14H12Cl2N2OS. The van der Waals surface area contributed by atoms with Crippen LogP contribution in [0.15, 0.2) is 41.6 Å². The molecule has 2 rings (SSSR count). The maximum absolute atomic E-state index is 11.8. The van der Waals surface area contributed by atoms with Gasteiger partial charge in [0, 0.05) is 11.2 Å². The number of carbonyl (C=O) groups is 1. The van der Waals surface area contributed by atoms with Gasteiger partial charge in [-0.05, 0) is 36.8 Å². The summed E-state index contributed by atoms with van der Waals surface area (Å²) >= 11 is 13.2. The highest BCUT2D eigenvalue weighted by Gasteiger charge is 2.07. The fraction of sp³-hybridized carbons (Fsp3) is 0.143. The summed E-state index contributed by atoms with van der Waals surface area (Å²) in [4.78, 5) is 16.1. The van der Waals surface area contributed by atoms with Gasteiger partial charge in [-0.25, -0.2) is 4.98 Å². The van der Waals surface area contributed by atoms with Crippen molar-refractivity contribution in [2.45, 2.75) is 11.9 Å². The number of hydrogen-bond acceptors (Lipinski definition) is 3. The lowest BCUT2D eigenvalue weighted by atomic mass is 10.3. The molecule has 0 aliphatic heterocycles. The monoisotopic (exact) mass is 326 g/mol. The SMILES string of the molecule is Cc1ccc(SCC(=O)Nc2ccc(Cl)cc2Cl)nc1. The maximum Gasteiger partial charge on any atom is 0.234 e. The molecule has 0 saturated heterocycles. The standard InChI is InChI=1S/C14H12Cl2N2OS/c1-9-2-5-14(17-7-9)20-8-13(19)18-12-4-3-10(15)6-11(12)16/h2-7H,8H2,1H3,(H,18,19). The van der Waals surface area contributed by atoms with E-state index in [4.69, 9.17) is 23.2 Å². The second-order valence-electron chi connectivity index (χ2n) is 4.13. The molecule has 0 aliphatic rings. The minimum atomic E-state index is -0.137. The number of nitrogens with zero attached hydrogens (tertiary/aromatic N) is 1. The number of hydrogen-bond donors (Lipinski definition) is 1. The molecule has 1 aromatic heterocycles. The van der Waals surface area contributed by atoms with Gasteiger partial charge < -0.3 is 5.32 Å². The molecule has 0 unspecified atom stereocenters. The van der Waals surface area contributed by atoms with E-state index >= 15 is 0 Å². The van der Waals surface area contributed by atoms with E-state index in [1.54, 1.807) is 24.4 Å². The van der Waals surface area contributed by atoms with E-state index in [0.29, 0.717) is 15.7 Å². The van der Waals surface area contributed by atoms with Crippen LogP contribution in [-0.2, 0) is 4.79 Å². The molecule has 0 radical (unpaired) electrons. The van der Waals surface area contributed by atoms with E-state index in [1.165, 1.54) is 11.8 Å². The molecule has 1 aromatic carbocycles. The molecule has 6 heteroatoms. The highest BCUT2D eigenvalue weighted by Crippen LogP contribution is 2.25. The number of pyridine rings is 1. The zero-order valence-electron chi connectivity index (χ0n) is 10.7. The highest BCUT2D eigenvalue weighted by molar-refractivity contribution is 7.99. The maximum atomic E-state index is 11.8. The Hall–Kier alpha value is -1.23. The molecule has 1 amide bonds. The van der Waals surface area contributed by atoms with E-state index in [2.05, 4.69) is 10.3 Å². The van der Waals surface area contributed by atoms with Crippen molar-refractivity contribution >= 4 is 46.6 Å². The number of carbonyl (C=O) groups excluding carboxylic acids is 1. The summed E-state index contributed by atoms with van der Waals surface area (Å²) in [7, 11) is 0. The topological polar surface area (TPSA) is 42.0 Å². The number of thioether (sulfide) groups is 1. The lowest BCUT2D eigenvalue weighted by molar-refractivity contribution is -0.113. The quantitative estimate of drug-likeness (QED) is 0.845. The molecule has 0 spiro atoms. The number of nitrogens with one attached hydrogen (secondary N) is 1. The predicted molar refractivity (Wildman–Crippen MR) is 84.8 cm³/mol. The van der Waals surface area contributed by atoms with E-state index < -0.39 is 0 Å². The zero-order chi connectivity index (χ0) is 14.5. The number of aromatic nitrogens is 1. The average Bonchev–Trinajstić information content (AvgIpc) is 2.41. The van der Waals surface area contributed by atoms with Crippen LogP contribution in [0.4, 0.5) is 5.69 Å². The summed E-state index contributed by atoms with van der Waals surface area (Å²) in [5.41, 5.74) is 1.64. The van der Waals surface area contributed by atoms with Crippen molar-refractivity contribution in [3.63, 3.8) is 0 Å². The van der Waals surface area contributed by atoms with Crippen LogP contribution in [0, 0.1) is 6.92 Å². The van der Waals surface area contributed by atoms with E-state index in [0.717, 1.165) is 10.6 Å². The first kappa shape index (κ1) is 15.2. The van der Waals surface area contributed by atoms with Crippen LogP contribution in [0.1, 0.15) is 5.56 Å². The Kier molecular flexibility index (Phi) is 5.29. The average molecular weight is 327 g/mol. The molecule has 3 nitrogen and oxygen atoms in total. The molecule has 104 valence electrons. The smallest absolute Gasteiger partial charge is 0.234 e. The van der Waals surface area contributed by atoms with Gasteiger partial charge in [0.15, 0.2) is 0 Å². The predicted octanol–water partition coefficient (Wildman–Crippen LogP) is 4.43. The van der Waals surface area contributed by atoms with Crippen molar-refractivity contribution in [1.82, 2.24) is 4.98 Å². The molecule has 2 aromatic rings. The highest BCUT2D eigenvalue weighted by atomic mass is 35.5. The number of benzene rings is 1. The minimum Gasteiger partial charge on any atom is -0.324 e. The Balaban J connectivity index is 1.90. The van der Waals surface area contributed by atoms with Gasteiger partial charge in [0.1, 0.15) is 0 Å².